The lowest BCUT2D eigenvalue weighted by atomic mass is 9.84. The van der Waals surface area contributed by atoms with Gasteiger partial charge in [-0.15, -0.1) is 0 Å². The van der Waals surface area contributed by atoms with Crippen molar-refractivity contribution < 1.29 is 0 Å². The molecule has 11 aromatic rings. The van der Waals surface area contributed by atoms with E-state index in [9.17, 15) is 0 Å². The zero-order valence-electron chi connectivity index (χ0n) is 34.8. The quantitative estimate of drug-likeness (QED) is 0.131. The molecule has 0 N–H and O–H groups in total. The molecule has 0 spiro atoms. The predicted molar refractivity (Wildman–Crippen MR) is 269 cm³/mol. The molecule has 296 valence electrons. The molecular formula is C62H43N. The van der Waals surface area contributed by atoms with Crippen LogP contribution in [0.25, 0.3) is 88.3 Å². The summed E-state index contributed by atoms with van der Waals surface area (Å²) in [5, 5.41) is 4.85. The Morgan fingerprint density at radius 1 is 0.206 bits per heavy atom. The van der Waals surface area contributed by atoms with E-state index in [4.69, 9.17) is 0 Å². The maximum Gasteiger partial charge on any atom is 0.0547 e. The van der Waals surface area contributed by atoms with Crippen molar-refractivity contribution in [3.63, 3.8) is 0 Å². The van der Waals surface area contributed by atoms with Gasteiger partial charge in [0, 0.05) is 22.1 Å². The van der Waals surface area contributed by atoms with Crippen LogP contribution in [0.4, 0.5) is 17.1 Å². The van der Waals surface area contributed by atoms with E-state index in [1.807, 2.05) is 0 Å². The van der Waals surface area contributed by atoms with Crippen molar-refractivity contribution >= 4 is 38.6 Å². The predicted octanol–water partition coefficient (Wildman–Crippen LogP) is 17.5. The van der Waals surface area contributed by atoms with Gasteiger partial charge in [0.2, 0.25) is 0 Å². The van der Waals surface area contributed by atoms with E-state index in [1.165, 1.54) is 66.1 Å². The molecule has 0 bridgehead atoms. The zero-order chi connectivity index (χ0) is 42.0. The van der Waals surface area contributed by atoms with Gasteiger partial charge in [0.05, 0.1) is 17.1 Å². The Labute approximate surface area is 369 Å². The number of anilines is 3. The summed E-state index contributed by atoms with van der Waals surface area (Å²) in [6.45, 7) is 0. The number of fused-ring (bicyclic) bond motifs is 3. The van der Waals surface area contributed by atoms with Gasteiger partial charge in [-0.25, -0.2) is 0 Å². The molecule has 63 heavy (non-hydrogen) atoms. The van der Waals surface area contributed by atoms with Crippen molar-refractivity contribution in [3.8, 4) is 66.8 Å². The summed E-state index contributed by atoms with van der Waals surface area (Å²) < 4.78 is 0. The largest absolute Gasteiger partial charge is 0.309 e. The fraction of sp³-hybridized carbons (Fsp3) is 0. The molecule has 1 nitrogen and oxygen atoms in total. The topological polar surface area (TPSA) is 3.24 Å². The lowest BCUT2D eigenvalue weighted by Gasteiger charge is -2.33. The molecule has 0 amide bonds. The highest BCUT2D eigenvalue weighted by atomic mass is 15.1. The lowest BCUT2D eigenvalue weighted by Crippen LogP contribution is -2.14. The molecule has 0 radical (unpaired) electrons. The summed E-state index contributed by atoms with van der Waals surface area (Å²) in [5.41, 5.74) is 17.4. The SMILES string of the molecule is c1ccc(-c2ccc(N(c3ccc(-c4ccccc4)cc3-c3ccccc3)c3cccc4c3c(-c3ccccc3)c(-c3ccccc3)c3ccccc34)c(-c3ccccc3)c2)cc1. The second kappa shape index (κ2) is 16.7. The van der Waals surface area contributed by atoms with Crippen LogP contribution in [0.15, 0.2) is 261 Å². The van der Waals surface area contributed by atoms with Crippen LogP contribution >= 0.6 is 0 Å². The molecule has 0 fully saturated rings. The van der Waals surface area contributed by atoms with Crippen LogP contribution in [-0.4, -0.2) is 0 Å². The van der Waals surface area contributed by atoms with Gasteiger partial charge in [0.15, 0.2) is 0 Å². The van der Waals surface area contributed by atoms with E-state index in [-0.39, 0.29) is 0 Å². The van der Waals surface area contributed by atoms with Crippen LogP contribution in [0, 0.1) is 0 Å². The second-order valence-electron chi connectivity index (χ2n) is 16.0. The molecule has 0 saturated carbocycles. The first-order valence-corrected chi connectivity index (χ1v) is 21.7. The maximum atomic E-state index is 2.55. The fourth-order valence-electron chi connectivity index (χ4n) is 9.38. The van der Waals surface area contributed by atoms with Gasteiger partial charge >= 0.3 is 0 Å². The average molecular weight is 802 g/mol. The normalized spacial score (nSPS) is 11.2. The van der Waals surface area contributed by atoms with Gasteiger partial charge in [-0.05, 0) is 96.6 Å². The van der Waals surface area contributed by atoms with Gasteiger partial charge < -0.3 is 4.90 Å². The summed E-state index contributed by atoms with van der Waals surface area (Å²) in [4.78, 5) is 2.55. The van der Waals surface area contributed by atoms with E-state index in [2.05, 4.69) is 266 Å². The van der Waals surface area contributed by atoms with Gasteiger partial charge in [0.1, 0.15) is 0 Å². The minimum absolute atomic E-state index is 1.09. The smallest absolute Gasteiger partial charge is 0.0547 e. The van der Waals surface area contributed by atoms with Crippen molar-refractivity contribution in [1.82, 2.24) is 0 Å². The Morgan fingerprint density at radius 3 is 1.03 bits per heavy atom. The second-order valence-corrected chi connectivity index (χ2v) is 16.0. The Kier molecular flexibility index (Phi) is 9.97. The summed E-state index contributed by atoms with van der Waals surface area (Å²) in [6, 6.07) is 94.9. The number of benzene rings is 11. The molecule has 0 aromatic heterocycles. The van der Waals surface area contributed by atoms with E-state index in [1.54, 1.807) is 0 Å². The third-order valence-corrected chi connectivity index (χ3v) is 12.3. The van der Waals surface area contributed by atoms with Crippen molar-refractivity contribution in [2.24, 2.45) is 0 Å². The van der Waals surface area contributed by atoms with Gasteiger partial charge in [-0.2, -0.15) is 0 Å². The Morgan fingerprint density at radius 2 is 0.571 bits per heavy atom. The third kappa shape index (κ3) is 7.06. The first-order valence-electron chi connectivity index (χ1n) is 21.7. The van der Waals surface area contributed by atoms with Crippen LogP contribution in [0.5, 0.6) is 0 Å². The molecular weight excluding hydrogens is 759 g/mol. The zero-order valence-corrected chi connectivity index (χ0v) is 34.8. The summed E-state index contributed by atoms with van der Waals surface area (Å²) in [5.74, 6) is 0. The molecule has 0 saturated heterocycles. The van der Waals surface area contributed by atoms with Crippen LogP contribution < -0.4 is 4.90 Å². The molecule has 0 aliphatic rings. The van der Waals surface area contributed by atoms with Crippen molar-refractivity contribution in [2.75, 3.05) is 4.90 Å². The van der Waals surface area contributed by atoms with Crippen molar-refractivity contribution in [1.29, 1.82) is 0 Å². The molecule has 0 aliphatic heterocycles. The van der Waals surface area contributed by atoms with Crippen molar-refractivity contribution in [3.05, 3.63) is 261 Å². The summed E-state index contributed by atoms with van der Waals surface area (Å²) >= 11 is 0. The summed E-state index contributed by atoms with van der Waals surface area (Å²) in [7, 11) is 0. The molecule has 0 aliphatic carbocycles. The van der Waals surface area contributed by atoms with Crippen molar-refractivity contribution in [2.45, 2.75) is 0 Å². The monoisotopic (exact) mass is 801 g/mol. The highest BCUT2D eigenvalue weighted by Gasteiger charge is 2.27. The molecule has 1 heteroatoms. The third-order valence-electron chi connectivity index (χ3n) is 12.3. The van der Waals surface area contributed by atoms with Gasteiger partial charge in [-0.3, -0.25) is 0 Å². The molecule has 0 atom stereocenters. The minimum Gasteiger partial charge on any atom is -0.309 e. The van der Waals surface area contributed by atoms with E-state index < -0.39 is 0 Å². The first-order chi connectivity index (χ1) is 31.3. The van der Waals surface area contributed by atoms with Gasteiger partial charge in [0.25, 0.3) is 0 Å². The van der Waals surface area contributed by atoms with Crippen LogP contribution in [-0.2, 0) is 0 Å². The Bertz CT molecular complexity index is 3220. The molecule has 0 heterocycles. The number of hydrogen-bond donors (Lipinski definition) is 0. The highest BCUT2D eigenvalue weighted by molar-refractivity contribution is 6.25. The molecule has 0 unspecified atom stereocenters. The van der Waals surface area contributed by atoms with Crippen LogP contribution in [0.2, 0.25) is 0 Å². The Balaban J connectivity index is 1.32. The summed E-state index contributed by atoms with van der Waals surface area (Å²) in [6.07, 6.45) is 0. The van der Waals surface area contributed by atoms with Gasteiger partial charge in [-0.1, -0.05) is 231 Å². The fourth-order valence-corrected chi connectivity index (χ4v) is 9.38. The van der Waals surface area contributed by atoms with E-state index in [0.717, 1.165) is 39.3 Å². The Hall–Kier alpha value is -8.26. The molecule has 11 aromatic carbocycles. The number of nitrogens with zero attached hydrogens (tertiary/aromatic N) is 1. The van der Waals surface area contributed by atoms with Crippen LogP contribution in [0.3, 0.4) is 0 Å². The standard InChI is InChI=1S/C62H43N/c1-7-22-44(23-8-1)50-38-40-57(55(42-50)46-26-11-3-12-27-46)63(58-41-39-51(45-24-9-2-10-25-45)43-56(58)47-28-13-4-14-29-47)59-37-21-36-54-52-34-19-20-35-53(52)60(48-30-15-5-16-31-48)61(62(54)59)49-32-17-6-18-33-49/h1-43H. The highest BCUT2D eigenvalue weighted by Crippen LogP contribution is 2.53. The average Bonchev–Trinajstić information content (AvgIpc) is 3.38. The first kappa shape index (κ1) is 37.7. The van der Waals surface area contributed by atoms with E-state index in [0.29, 0.717) is 0 Å². The maximum absolute atomic E-state index is 2.55. The molecule has 11 rings (SSSR count). The van der Waals surface area contributed by atoms with Crippen LogP contribution in [0.1, 0.15) is 0 Å². The minimum atomic E-state index is 1.09. The van der Waals surface area contributed by atoms with E-state index >= 15 is 0 Å². The number of hydrogen-bond acceptors (Lipinski definition) is 1. The number of rotatable bonds is 9. The lowest BCUT2D eigenvalue weighted by molar-refractivity contribution is 1.30.